The molecular weight excluding hydrogens is 274 g/mol. The Kier molecular flexibility index (Phi) is 4.15. The molecule has 5 heteroatoms. The highest BCUT2D eigenvalue weighted by Crippen LogP contribution is 2.39. The zero-order valence-electron chi connectivity index (χ0n) is 10.9. The Balaban J connectivity index is 1.88. The van der Waals surface area contributed by atoms with Crippen molar-refractivity contribution in [2.45, 2.75) is 34.9 Å². The van der Waals surface area contributed by atoms with Gasteiger partial charge in [0.05, 0.1) is 0 Å². The lowest BCUT2D eigenvalue weighted by Crippen LogP contribution is -2.26. The van der Waals surface area contributed by atoms with Crippen LogP contribution < -0.4 is 5.32 Å². The Morgan fingerprint density at radius 3 is 3.05 bits per heavy atom. The third kappa shape index (κ3) is 2.83. The van der Waals surface area contributed by atoms with Crippen LogP contribution in [0.2, 0.25) is 0 Å². The van der Waals surface area contributed by atoms with Gasteiger partial charge in [-0.2, -0.15) is 0 Å². The van der Waals surface area contributed by atoms with Crippen molar-refractivity contribution in [1.29, 1.82) is 0 Å². The summed E-state index contributed by atoms with van der Waals surface area (Å²) < 4.78 is 1.07. The van der Waals surface area contributed by atoms with Gasteiger partial charge in [0.1, 0.15) is 5.51 Å². The van der Waals surface area contributed by atoms with Gasteiger partial charge in [-0.25, -0.2) is 0 Å². The van der Waals surface area contributed by atoms with Crippen LogP contribution in [0.5, 0.6) is 0 Å². The molecular formula is C14H17N3S2. The fourth-order valence-electron chi connectivity index (χ4n) is 2.74. The van der Waals surface area contributed by atoms with E-state index in [-0.39, 0.29) is 0 Å². The van der Waals surface area contributed by atoms with E-state index in [9.17, 15) is 0 Å². The first-order chi connectivity index (χ1) is 9.38. The smallest absolute Gasteiger partial charge is 0.174 e. The third-order valence-corrected chi connectivity index (χ3v) is 5.75. The molecule has 1 N–H and O–H groups in total. The van der Waals surface area contributed by atoms with Crippen molar-refractivity contribution in [3.05, 3.63) is 40.9 Å². The highest BCUT2D eigenvalue weighted by Gasteiger charge is 2.27. The van der Waals surface area contributed by atoms with Crippen molar-refractivity contribution in [3.8, 4) is 0 Å². The molecule has 0 spiro atoms. The van der Waals surface area contributed by atoms with Crippen LogP contribution in [0, 0.1) is 0 Å². The van der Waals surface area contributed by atoms with Crippen molar-refractivity contribution >= 4 is 23.1 Å². The average molecular weight is 291 g/mol. The fourth-order valence-corrected chi connectivity index (χ4v) is 4.80. The minimum Gasteiger partial charge on any atom is -0.312 e. The van der Waals surface area contributed by atoms with Gasteiger partial charge in [0, 0.05) is 11.3 Å². The normalized spacial score (nSPS) is 22.8. The van der Waals surface area contributed by atoms with Gasteiger partial charge in [-0.05, 0) is 37.4 Å². The number of fused-ring (bicyclic) bond motifs is 1. The Morgan fingerprint density at radius 2 is 2.26 bits per heavy atom. The molecule has 1 aromatic carbocycles. The molecule has 0 saturated heterocycles. The van der Waals surface area contributed by atoms with Crippen LogP contribution in [0.15, 0.2) is 34.1 Å². The summed E-state index contributed by atoms with van der Waals surface area (Å²) in [5.41, 5.74) is 4.74. The monoisotopic (exact) mass is 291 g/mol. The lowest BCUT2D eigenvalue weighted by atomic mass is 9.99. The van der Waals surface area contributed by atoms with Crippen molar-refractivity contribution in [1.82, 2.24) is 15.5 Å². The summed E-state index contributed by atoms with van der Waals surface area (Å²) in [5.74, 6) is 0. The second kappa shape index (κ2) is 6.03. The summed E-state index contributed by atoms with van der Waals surface area (Å²) >= 11 is 3.49. The van der Waals surface area contributed by atoms with E-state index in [2.05, 4.69) is 46.8 Å². The van der Waals surface area contributed by atoms with Crippen molar-refractivity contribution in [3.63, 3.8) is 0 Å². The molecule has 0 radical (unpaired) electrons. The zero-order valence-corrected chi connectivity index (χ0v) is 12.5. The largest absolute Gasteiger partial charge is 0.312 e. The third-order valence-electron chi connectivity index (χ3n) is 3.60. The molecule has 100 valence electrons. The maximum atomic E-state index is 4.17. The van der Waals surface area contributed by atoms with Crippen LogP contribution in [0.3, 0.4) is 0 Å². The standard InChI is InChI=1S/C14H17N3S2/c1-15-13-11-7-3-2-5-10(11)6-4-8-12(13)19-14-17-16-9-18-14/h2-3,5,7,9,12-13,15H,4,6,8H2,1H3. The molecule has 1 heterocycles. The molecule has 0 amide bonds. The molecule has 2 atom stereocenters. The summed E-state index contributed by atoms with van der Waals surface area (Å²) in [4.78, 5) is 0. The first-order valence-corrected chi connectivity index (χ1v) is 8.32. The van der Waals surface area contributed by atoms with E-state index < -0.39 is 0 Å². The Labute approximate surface area is 121 Å². The minimum absolute atomic E-state index is 0.396. The molecule has 19 heavy (non-hydrogen) atoms. The summed E-state index contributed by atoms with van der Waals surface area (Å²) in [6.07, 6.45) is 3.64. The molecule has 0 fully saturated rings. The zero-order chi connectivity index (χ0) is 13.1. The molecule has 0 bridgehead atoms. The number of hydrogen-bond acceptors (Lipinski definition) is 5. The molecule has 2 unspecified atom stereocenters. The fraction of sp³-hybridized carbons (Fsp3) is 0.429. The lowest BCUT2D eigenvalue weighted by molar-refractivity contribution is 0.547. The predicted octanol–water partition coefficient (Wildman–Crippen LogP) is 3.30. The molecule has 1 aromatic heterocycles. The Hall–Kier alpha value is -0.910. The predicted molar refractivity (Wildman–Crippen MR) is 80.7 cm³/mol. The molecule has 0 aliphatic heterocycles. The Bertz CT molecular complexity index is 527. The van der Waals surface area contributed by atoms with Gasteiger partial charge >= 0.3 is 0 Å². The molecule has 3 rings (SSSR count). The quantitative estimate of drug-likeness (QED) is 0.881. The summed E-state index contributed by atoms with van der Waals surface area (Å²) in [5, 5.41) is 12.1. The van der Waals surface area contributed by atoms with Gasteiger partial charge in [0.15, 0.2) is 4.34 Å². The SMILES string of the molecule is CNC1c2ccccc2CCCC1Sc1nncs1. The second-order valence-corrected chi connectivity index (χ2v) is 7.04. The number of thioether (sulfide) groups is 1. The highest BCUT2D eigenvalue weighted by molar-refractivity contribution is 8.01. The lowest BCUT2D eigenvalue weighted by Gasteiger charge is -2.25. The van der Waals surface area contributed by atoms with Crippen LogP contribution in [-0.4, -0.2) is 22.5 Å². The number of rotatable bonds is 3. The maximum absolute atomic E-state index is 4.17. The molecule has 0 saturated carbocycles. The average Bonchev–Trinajstić information content (AvgIpc) is 2.87. The number of aromatic nitrogens is 2. The number of benzene rings is 1. The van der Waals surface area contributed by atoms with Crippen LogP contribution in [0.4, 0.5) is 0 Å². The molecule has 1 aliphatic rings. The highest BCUT2D eigenvalue weighted by atomic mass is 32.2. The second-order valence-electron chi connectivity index (χ2n) is 4.72. The first-order valence-electron chi connectivity index (χ1n) is 6.56. The van der Waals surface area contributed by atoms with Crippen LogP contribution >= 0.6 is 23.1 Å². The van der Waals surface area contributed by atoms with Crippen molar-refractivity contribution < 1.29 is 0 Å². The number of nitrogens with one attached hydrogen (secondary N) is 1. The molecule has 3 nitrogen and oxygen atoms in total. The number of aryl methyl sites for hydroxylation is 1. The number of hydrogen-bond donors (Lipinski definition) is 1. The molecule has 2 aromatic rings. The topological polar surface area (TPSA) is 37.8 Å². The van der Waals surface area contributed by atoms with Crippen molar-refractivity contribution in [2.75, 3.05) is 7.05 Å². The van der Waals surface area contributed by atoms with E-state index in [1.807, 2.05) is 11.8 Å². The van der Waals surface area contributed by atoms with Gasteiger partial charge in [0.25, 0.3) is 0 Å². The van der Waals surface area contributed by atoms with Crippen LogP contribution in [0.1, 0.15) is 30.0 Å². The van der Waals surface area contributed by atoms with Gasteiger partial charge in [-0.1, -0.05) is 47.4 Å². The minimum atomic E-state index is 0.396. The van der Waals surface area contributed by atoms with Crippen molar-refractivity contribution in [2.24, 2.45) is 0 Å². The van der Waals surface area contributed by atoms with E-state index >= 15 is 0 Å². The maximum Gasteiger partial charge on any atom is 0.174 e. The van der Waals surface area contributed by atoms with Crippen LogP contribution in [-0.2, 0) is 6.42 Å². The van der Waals surface area contributed by atoms with E-state index in [1.54, 1.807) is 16.8 Å². The van der Waals surface area contributed by atoms with Gasteiger partial charge in [0.2, 0.25) is 0 Å². The Morgan fingerprint density at radius 1 is 1.37 bits per heavy atom. The van der Waals surface area contributed by atoms with Gasteiger partial charge in [-0.15, -0.1) is 10.2 Å². The van der Waals surface area contributed by atoms with E-state index in [0.717, 1.165) is 4.34 Å². The summed E-state index contributed by atoms with van der Waals surface area (Å²) in [7, 11) is 2.06. The first kappa shape index (κ1) is 13.1. The van der Waals surface area contributed by atoms with Gasteiger partial charge < -0.3 is 5.32 Å². The van der Waals surface area contributed by atoms with Crippen LogP contribution in [0.25, 0.3) is 0 Å². The number of nitrogens with zero attached hydrogens (tertiary/aromatic N) is 2. The summed E-state index contributed by atoms with van der Waals surface area (Å²) in [6, 6.07) is 9.20. The summed E-state index contributed by atoms with van der Waals surface area (Å²) in [6.45, 7) is 0. The van der Waals surface area contributed by atoms with E-state index in [1.165, 1.54) is 30.4 Å². The van der Waals surface area contributed by atoms with E-state index in [0.29, 0.717) is 11.3 Å². The molecule has 1 aliphatic carbocycles. The van der Waals surface area contributed by atoms with E-state index in [4.69, 9.17) is 0 Å². The van der Waals surface area contributed by atoms with Gasteiger partial charge in [-0.3, -0.25) is 0 Å².